The second-order valence-corrected chi connectivity index (χ2v) is 9.38. The predicted octanol–water partition coefficient (Wildman–Crippen LogP) is 3.28. The van der Waals surface area contributed by atoms with E-state index in [4.69, 9.17) is 4.74 Å². The van der Waals surface area contributed by atoms with Crippen LogP contribution in [0.25, 0.3) is 0 Å². The summed E-state index contributed by atoms with van der Waals surface area (Å²) < 4.78 is 5.47. The first-order valence-electron chi connectivity index (χ1n) is 6.27. The molecule has 0 fully saturated rings. The lowest BCUT2D eigenvalue weighted by atomic mass is 10.1. The number of hydrogen-bond donors (Lipinski definition) is 0. The highest BCUT2D eigenvalue weighted by molar-refractivity contribution is 9.09. The Morgan fingerprint density at radius 2 is 2.00 bits per heavy atom. The lowest BCUT2D eigenvalue weighted by Crippen LogP contribution is -2.36. The molecule has 0 aromatic rings. The molecule has 1 aliphatic heterocycles. The van der Waals surface area contributed by atoms with Crippen LogP contribution in [-0.2, 0) is 14.3 Å². The van der Waals surface area contributed by atoms with E-state index in [-0.39, 0.29) is 17.8 Å². The van der Waals surface area contributed by atoms with Crippen molar-refractivity contribution in [3.63, 3.8) is 0 Å². The van der Waals surface area contributed by atoms with Gasteiger partial charge in [0, 0.05) is 5.75 Å². The molecule has 0 spiro atoms. The summed E-state index contributed by atoms with van der Waals surface area (Å²) in [6.07, 6.45) is 0. The van der Waals surface area contributed by atoms with Gasteiger partial charge >= 0.3 is 5.97 Å². The van der Waals surface area contributed by atoms with Crippen LogP contribution in [-0.4, -0.2) is 43.6 Å². The minimum Gasteiger partial charge on any atom is -0.459 e. The Balaban J connectivity index is 2.67. The SMILES string of the molecule is CC(C)(C)OC(=O)C(C)(C)SC1=NC(C(=O)CBr)CS1. The Morgan fingerprint density at radius 1 is 1.40 bits per heavy atom. The van der Waals surface area contributed by atoms with Crippen LogP contribution in [0, 0.1) is 0 Å². The fourth-order valence-electron chi connectivity index (χ4n) is 1.32. The highest BCUT2D eigenvalue weighted by Crippen LogP contribution is 2.36. The van der Waals surface area contributed by atoms with Crippen LogP contribution in [0.1, 0.15) is 34.6 Å². The number of ketones is 1. The Hall–Kier alpha value is -0.0100. The van der Waals surface area contributed by atoms with Gasteiger partial charge in [-0.1, -0.05) is 39.5 Å². The average molecular weight is 382 g/mol. The fraction of sp³-hybridized carbons (Fsp3) is 0.769. The number of nitrogens with zero attached hydrogens (tertiary/aromatic N) is 1. The summed E-state index contributed by atoms with van der Waals surface area (Å²) in [5.74, 6) is 0.453. The number of ether oxygens (including phenoxy) is 1. The molecule has 0 N–H and O–H groups in total. The normalized spacial score (nSPS) is 19.7. The van der Waals surface area contributed by atoms with Gasteiger partial charge in [-0.05, 0) is 34.6 Å². The van der Waals surface area contributed by atoms with Crippen molar-refractivity contribution in [1.29, 1.82) is 0 Å². The first-order valence-corrected chi connectivity index (χ1v) is 9.19. The second-order valence-electron chi connectivity index (χ2n) is 5.94. The average Bonchev–Trinajstić information content (AvgIpc) is 2.73. The lowest BCUT2D eigenvalue weighted by molar-refractivity contribution is -0.156. The van der Waals surface area contributed by atoms with Gasteiger partial charge in [0.15, 0.2) is 5.78 Å². The third-order valence-corrected chi connectivity index (χ3v) is 5.31. The quantitative estimate of drug-likeness (QED) is 0.552. The second kappa shape index (κ2) is 6.83. The van der Waals surface area contributed by atoms with Gasteiger partial charge in [-0.2, -0.15) is 0 Å². The standard InChI is InChI=1S/C13H20BrNO3S2/c1-12(2,3)18-10(17)13(4,5)20-11-15-8(7-19-11)9(16)6-14/h8H,6-7H2,1-5H3. The van der Waals surface area contributed by atoms with Gasteiger partial charge in [0.25, 0.3) is 0 Å². The molecule has 7 heteroatoms. The summed E-state index contributed by atoms with van der Waals surface area (Å²) in [7, 11) is 0. The zero-order valence-corrected chi connectivity index (χ0v) is 15.6. The highest BCUT2D eigenvalue weighted by atomic mass is 79.9. The van der Waals surface area contributed by atoms with Crippen molar-refractivity contribution in [2.75, 3.05) is 11.1 Å². The maximum Gasteiger partial charge on any atom is 0.322 e. The number of halogens is 1. The molecule has 0 aromatic heterocycles. The number of thioether (sulfide) groups is 2. The molecule has 0 radical (unpaired) electrons. The first-order chi connectivity index (χ1) is 9.05. The number of rotatable bonds is 4. The highest BCUT2D eigenvalue weighted by Gasteiger charge is 2.37. The zero-order chi connectivity index (χ0) is 15.6. The summed E-state index contributed by atoms with van der Waals surface area (Å²) in [4.78, 5) is 28.1. The van der Waals surface area contributed by atoms with Crippen molar-refractivity contribution < 1.29 is 14.3 Å². The largest absolute Gasteiger partial charge is 0.459 e. The summed E-state index contributed by atoms with van der Waals surface area (Å²) >= 11 is 6.03. The summed E-state index contributed by atoms with van der Waals surface area (Å²) in [5, 5.41) is 0.315. The van der Waals surface area contributed by atoms with Crippen molar-refractivity contribution in [2.45, 2.75) is 51.0 Å². The molecule has 4 nitrogen and oxygen atoms in total. The molecule has 0 aliphatic carbocycles. The molecule has 20 heavy (non-hydrogen) atoms. The van der Waals surface area contributed by atoms with Crippen LogP contribution in [0.2, 0.25) is 0 Å². The summed E-state index contributed by atoms with van der Waals surface area (Å²) in [5.41, 5.74) is -0.506. The predicted molar refractivity (Wildman–Crippen MR) is 90.0 cm³/mol. The summed E-state index contributed by atoms with van der Waals surface area (Å²) in [6.45, 7) is 9.16. The number of Topliss-reactive ketones (excluding diaryl/α,β-unsaturated/α-hetero) is 1. The van der Waals surface area contributed by atoms with Crippen LogP contribution >= 0.6 is 39.5 Å². The number of carbonyl (C=O) groups excluding carboxylic acids is 2. The van der Waals surface area contributed by atoms with Gasteiger partial charge in [-0.15, -0.1) is 0 Å². The minimum absolute atomic E-state index is 0.0724. The van der Waals surface area contributed by atoms with E-state index >= 15 is 0 Å². The third-order valence-electron chi connectivity index (χ3n) is 2.36. The summed E-state index contributed by atoms with van der Waals surface area (Å²) in [6, 6.07) is -0.295. The maximum atomic E-state index is 12.2. The van der Waals surface area contributed by atoms with Crippen LogP contribution in [0.4, 0.5) is 0 Å². The molecule has 1 atom stereocenters. The maximum absolute atomic E-state index is 12.2. The molecule has 1 rings (SSSR count). The molecule has 0 aromatic carbocycles. The van der Waals surface area contributed by atoms with Gasteiger partial charge in [0.05, 0.1) is 5.33 Å². The van der Waals surface area contributed by atoms with Crippen LogP contribution in [0.5, 0.6) is 0 Å². The number of alkyl halides is 1. The Labute approximate surface area is 137 Å². The van der Waals surface area contributed by atoms with Crippen LogP contribution in [0.3, 0.4) is 0 Å². The van der Waals surface area contributed by atoms with Crippen molar-refractivity contribution in [3.8, 4) is 0 Å². The zero-order valence-electron chi connectivity index (χ0n) is 12.4. The van der Waals surface area contributed by atoms with Gasteiger partial charge in [-0.3, -0.25) is 14.6 Å². The molecule has 0 saturated heterocycles. The van der Waals surface area contributed by atoms with E-state index in [0.717, 1.165) is 4.38 Å². The van der Waals surface area contributed by atoms with E-state index in [0.29, 0.717) is 11.1 Å². The van der Waals surface area contributed by atoms with Gasteiger partial charge in [0.1, 0.15) is 20.8 Å². The molecule has 1 heterocycles. The number of carbonyl (C=O) groups is 2. The molecule has 1 unspecified atom stereocenters. The number of aliphatic imine (C=N–C) groups is 1. The number of hydrogen-bond acceptors (Lipinski definition) is 6. The van der Waals surface area contributed by atoms with E-state index in [1.807, 2.05) is 34.6 Å². The molecule has 0 amide bonds. The first kappa shape index (κ1) is 18.0. The van der Waals surface area contributed by atoms with Crippen molar-refractivity contribution >= 4 is 55.6 Å². The molecular weight excluding hydrogens is 362 g/mol. The molecule has 1 aliphatic rings. The van der Waals surface area contributed by atoms with E-state index < -0.39 is 10.3 Å². The monoisotopic (exact) mass is 381 g/mol. The smallest absolute Gasteiger partial charge is 0.322 e. The van der Waals surface area contributed by atoms with Crippen LogP contribution in [0.15, 0.2) is 4.99 Å². The van der Waals surface area contributed by atoms with E-state index in [1.54, 1.807) is 0 Å². The van der Waals surface area contributed by atoms with Crippen molar-refractivity contribution in [1.82, 2.24) is 0 Å². The fourth-order valence-corrected chi connectivity index (χ4v) is 4.27. The molecule has 0 bridgehead atoms. The topological polar surface area (TPSA) is 55.7 Å². The lowest BCUT2D eigenvalue weighted by Gasteiger charge is -2.27. The van der Waals surface area contributed by atoms with Crippen molar-refractivity contribution in [2.24, 2.45) is 4.99 Å². The van der Waals surface area contributed by atoms with E-state index in [9.17, 15) is 9.59 Å². The van der Waals surface area contributed by atoms with E-state index in [1.165, 1.54) is 23.5 Å². The minimum atomic E-state index is -0.717. The Morgan fingerprint density at radius 3 is 2.50 bits per heavy atom. The third kappa shape index (κ3) is 5.41. The van der Waals surface area contributed by atoms with Crippen LogP contribution < -0.4 is 0 Å². The van der Waals surface area contributed by atoms with E-state index in [2.05, 4.69) is 20.9 Å². The molecule has 114 valence electrons. The van der Waals surface area contributed by atoms with Gasteiger partial charge < -0.3 is 4.74 Å². The van der Waals surface area contributed by atoms with Gasteiger partial charge in [0.2, 0.25) is 0 Å². The molecular formula is C13H20BrNO3S2. The van der Waals surface area contributed by atoms with Gasteiger partial charge in [-0.25, -0.2) is 0 Å². The molecule has 0 saturated carbocycles. The number of esters is 1. The Kier molecular flexibility index (Phi) is 6.16. The van der Waals surface area contributed by atoms with Crippen molar-refractivity contribution in [3.05, 3.63) is 0 Å². The Bertz CT molecular complexity index is 430.